The first kappa shape index (κ1) is 21.6. The summed E-state index contributed by atoms with van der Waals surface area (Å²) in [5.41, 5.74) is 1.42. The number of H-pyrrole nitrogens is 1. The van der Waals surface area contributed by atoms with Crippen LogP contribution in [0, 0.1) is 16.2 Å². The number of carbonyl (C=O) groups is 1. The van der Waals surface area contributed by atoms with Crippen LogP contribution in [0.3, 0.4) is 0 Å². The maximum Gasteiger partial charge on any atom is 0.410 e. The molecule has 3 heterocycles. The smallest absolute Gasteiger partial charge is 0.410 e. The number of hydrogen-bond acceptors (Lipinski definition) is 6. The number of nitrogens with one attached hydrogen (secondary N) is 5. The number of aromatic amines is 1. The molecule has 1 aromatic heterocycles. The van der Waals surface area contributed by atoms with Crippen molar-refractivity contribution in [2.45, 2.75) is 51.3 Å². The molecule has 0 aromatic carbocycles. The van der Waals surface area contributed by atoms with Crippen LogP contribution in [0.1, 0.15) is 44.9 Å². The second-order valence-electron chi connectivity index (χ2n) is 8.68. The number of fused-ring (bicyclic) bond motifs is 2. The van der Waals surface area contributed by atoms with Crippen LogP contribution < -0.4 is 5.32 Å². The number of amidine groups is 1. The van der Waals surface area contributed by atoms with E-state index in [-0.39, 0.29) is 18.2 Å². The molecule has 1 aromatic rings. The standard InChI is InChI=1S/C21H31N7O2/c1-21(2,3)30-20(29)28-14-5-6-15(28)12-27(11-14)18(24)16-9-17(26-19(16)25-4)13(10-23)7-8-22/h7-10,14-15,22-26H,5-6,11-12H2,1-4H3/b13-7+,22-8?,23-10?,24-18?. The van der Waals surface area contributed by atoms with Gasteiger partial charge in [0.25, 0.3) is 0 Å². The zero-order chi connectivity index (χ0) is 22.1. The van der Waals surface area contributed by atoms with E-state index in [2.05, 4.69) is 10.3 Å². The average molecular weight is 414 g/mol. The van der Waals surface area contributed by atoms with Gasteiger partial charge in [-0.2, -0.15) is 0 Å². The van der Waals surface area contributed by atoms with Crippen LogP contribution in [-0.2, 0) is 4.74 Å². The van der Waals surface area contributed by atoms with Crippen LogP contribution in [0.2, 0.25) is 0 Å². The molecule has 2 saturated heterocycles. The number of carbonyl (C=O) groups excluding carboxylic acids is 1. The molecule has 9 heteroatoms. The zero-order valence-corrected chi connectivity index (χ0v) is 18.0. The Morgan fingerprint density at radius 2 is 1.90 bits per heavy atom. The largest absolute Gasteiger partial charge is 0.444 e. The highest BCUT2D eigenvalue weighted by Crippen LogP contribution is 2.33. The SMILES string of the molecule is CNc1[nH]c(/C(C=N)=C/C=N)cc1C(=N)N1CC2CCC(C1)N2C(=O)OC(C)(C)C. The van der Waals surface area contributed by atoms with Crippen molar-refractivity contribution in [3.63, 3.8) is 0 Å². The topological polar surface area (TPSA) is 132 Å². The number of hydrogen-bond donors (Lipinski definition) is 5. The lowest BCUT2D eigenvalue weighted by atomic mass is 10.1. The van der Waals surface area contributed by atoms with E-state index in [0.29, 0.717) is 41.6 Å². The molecule has 5 N–H and O–H groups in total. The summed E-state index contributed by atoms with van der Waals surface area (Å²) in [7, 11) is 1.78. The van der Waals surface area contributed by atoms with Gasteiger partial charge in [0, 0.05) is 43.8 Å². The quantitative estimate of drug-likeness (QED) is 0.375. The van der Waals surface area contributed by atoms with Gasteiger partial charge in [0.2, 0.25) is 0 Å². The number of nitrogens with zero attached hydrogens (tertiary/aromatic N) is 2. The minimum Gasteiger partial charge on any atom is -0.444 e. The van der Waals surface area contributed by atoms with Crippen molar-refractivity contribution in [1.82, 2.24) is 14.8 Å². The van der Waals surface area contributed by atoms with Crippen LogP contribution in [-0.4, -0.2) is 77.0 Å². The fourth-order valence-corrected chi connectivity index (χ4v) is 4.17. The first-order chi connectivity index (χ1) is 14.2. The fourth-order valence-electron chi connectivity index (χ4n) is 4.17. The predicted molar refractivity (Wildman–Crippen MR) is 119 cm³/mol. The zero-order valence-electron chi connectivity index (χ0n) is 18.0. The summed E-state index contributed by atoms with van der Waals surface area (Å²) in [6.07, 6.45) is 5.40. The highest BCUT2D eigenvalue weighted by Gasteiger charge is 2.45. The molecule has 3 rings (SSSR count). The van der Waals surface area contributed by atoms with E-state index >= 15 is 0 Å². The summed E-state index contributed by atoms with van der Waals surface area (Å²) >= 11 is 0. The Kier molecular flexibility index (Phi) is 6.00. The maximum atomic E-state index is 12.7. The third kappa shape index (κ3) is 4.24. The van der Waals surface area contributed by atoms with Crippen LogP contribution in [0.5, 0.6) is 0 Å². The summed E-state index contributed by atoms with van der Waals surface area (Å²) in [6, 6.07) is 1.90. The van der Waals surface area contributed by atoms with E-state index in [4.69, 9.17) is 21.0 Å². The second kappa shape index (κ2) is 8.33. The minimum absolute atomic E-state index is 0.0327. The van der Waals surface area contributed by atoms with Crippen LogP contribution in [0.25, 0.3) is 5.57 Å². The van der Waals surface area contributed by atoms with Gasteiger partial charge in [-0.15, -0.1) is 0 Å². The first-order valence-electron chi connectivity index (χ1n) is 10.2. The van der Waals surface area contributed by atoms with E-state index < -0.39 is 5.60 Å². The Morgan fingerprint density at radius 3 is 2.40 bits per heavy atom. The average Bonchev–Trinajstić information content (AvgIpc) is 3.22. The third-order valence-electron chi connectivity index (χ3n) is 5.45. The van der Waals surface area contributed by atoms with Crippen LogP contribution in [0.15, 0.2) is 12.1 Å². The molecule has 0 radical (unpaired) electrons. The maximum absolute atomic E-state index is 12.7. The summed E-state index contributed by atoms with van der Waals surface area (Å²) in [5, 5.41) is 26.7. The van der Waals surface area contributed by atoms with Crippen molar-refractivity contribution in [3.8, 4) is 0 Å². The van der Waals surface area contributed by atoms with Crippen molar-refractivity contribution in [2.75, 3.05) is 25.5 Å². The fraction of sp³-hybridized carbons (Fsp3) is 0.524. The molecular formula is C21H31N7O2. The Morgan fingerprint density at radius 1 is 1.27 bits per heavy atom. The number of aromatic nitrogens is 1. The molecular weight excluding hydrogens is 382 g/mol. The van der Waals surface area contributed by atoms with E-state index in [0.717, 1.165) is 19.1 Å². The molecule has 2 fully saturated rings. The number of allylic oxidation sites excluding steroid dienone is 2. The van der Waals surface area contributed by atoms with Crippen molar-refractivity contribution in [3.05, 3.63) is 23.4 Å². The van der Waals surface area contributed by atoms with Gasteiger partial charge in [0.05, 0.1) is 17.6 Å². The Bertz CT molecular complexity index is 866. The number of rotatable bonds is 5. The highest BCUT2D eigenvalue weighted by molar-refractivity contribution is 6.13. The van der Waals surface area contributed by atoms with Gasteiger partial charge in [0.1, 0.15) is 17.3 Å². The van der Waals surface area contributed by atoms with Crippen molar-refractivity contribution >= 4 is 35.7 Å². The molecule has 162 valence electrons. The number of amides is 1. The van der Waals surface area contributed by atoms with Gasteiger partial charge in [0.15, 0.2) is 0 Å². The normalized spacial score (nSPS) is 21.4. The van der Waals surface area contributed by atoms with Crippen LogP contribution in [0.4, 0.5) is 10.6 Å². The van der Waals surface area contributed by atoms with Crippen molar-refractivity contribution in [2.24, 2.45) is 0 Å². The lowest BCUT2D eigenvalue weighted by Gasteiger charge is -2.42. The van der Waals surface area contributed by atoms with E-state index in [1.54, 1.807) is 7.05 Å². The number of piperazine rings is 1. The number of anilines is 1. The van der Waals surface area contributed by atoms with Gasteiger partial charge in [-0.1, -0.05) is 0 Å². The summed E-state index contributed by atoms with van der Waals surface area (Å²) in [5.74, 6) is 1.07. The van der Waals surface area contributed by atoms with Gasteiger partial charge < -0.3 is 30.8 Å². The lowest BCUT2D eigenvalue weighted by Crippen LogP contribution is -2.57. The molecule has 2 atom stereocenters. The van der Waals surface area contributed by atoms with Gasteiger partial charge in [-0.3, -0.25) is 10.3 Å². The second-order valence-corrected chi connectivity index (χ2v) is 8.68. The van der Waals surface area contributed by atoms with Crippen molar-refractivity contribution in [1.29, 1.82) is 16.2 Å². The summed E-state index contributed by atoms with van der Waals surface area (Å²) < 4.78 is 5.59. The van der Waals surface area contributed by atoms with Crippen molar-refractivity contribution < 1.29 is 9.53 Å². The predicted octanol–water partition coefficient (Wildman–Crippen LogP) is 3.15. The summed E-state index contributed by atoms with van der Waals surface area (Å²) in [4.78, 5) is 19.7. The van der Waals surface area contributed by atoms with Gasteiger partial charge in [-0.25, -0.2) is 4.79 Å². The third-order valence-corrected chi connectivity index (χ3v) is 5.45. The Balaban J connectivity index is 1.79. The molecule has 0 aliphatic carbocycles. The van der Waals surface area contributed by atoms with Crippen LogP contribution >= 0.6 is 0 Å². The van der Waals surface area contributed by atoms with Gasteiger partial charge >= 0.3 is 6.09 Å². The Hall–Kier alpha value is -3.10. The Labute approximate surface area is 177 Å². The molecule has 30 heavy (non-hydrogen) atoms. The molecule has 2 aliphatic heterocycles. The van der Waals surface area contributed by atoms with E-state index in [1.165, 1.54) is 12.3 Å². The first-order valence-corrected chi connectivity index (χ1v) is 10.2. The van der Waals surface area contributed by atoms with Gasteiger partial charge in [-0.05, 0) is 45.8 Å². The van der Waals surface area contributed by atoms with E-state index in [9.17, 15) is 4.79 Å². The molecule has 2 aliphatic rings. The molecule has 9 nitrogen and oxygen atoms in total. The summed E-state index contributed by atoms with van der Waals surface area (Å²) in [6.45, 7) is 6.79. The molecule has 2 unspecified atom stereocenters. The number of likely N-dealkylation sites (tertiary alicyclic amines) is 1. The highest BCUT2D eigenvalue weighted by atomic mass is 16.6. The van der Waals surface area contributed by atoms with E-state index in [1.807, 2.05) is 36.6 Å². The lowest BCUT2D eigenvalue weighted by molar-refractivity contribution is 0.00278. The minimum atomic E-state index is -0.528. The molecule has 0 spiro atoms. The molecule has 2 bridgehead atoms. The number of ether oxygens (including phenoxy) is 1. The molecule has 0 saturated carbocycles. The monoisotopic (exact) mass is 413 g/mol. The molecule has 1 amide bonds.